The van der Waals surface area contributed by atoms with Crippen molar-refractivity contribution in [2.24, 2.45) is 0 Å². The number of nitriles is 1. The molecule has 0 aromatic carbocycles. The molecular weight excluding hydrogens is 128 g/mol. The van der Waals surface area contributed by atoms with E-state index >= 15 is 0 Å². The summed E-state index contributed by atoms with van der Waals surface area (Å²) in [5.41, 5.74) is 0. The van der Waals surface area contributed by atoms with Crippen molar-refractivity contribution in [3.05, 3.63) is 0 Å². The van der Waals surface area contributed by atoms with Crippen LogP contribution in [0.1, 0.15) is 20.3 Å². The molecule has 3 heteroatoms. The molecule has 58 valence electrons. The number of hydrogen-bond donors (Lipinski definition) is 1. The number of aliphatic hydroxyl groups is 1. The van der Waals surface area contributed by atoms with Crippen LogP contribution in [-0.2, 0) is 0 Å². The average Bonchev–Trinajstić information content (AvgIpc) is 1.90. The maximum atomic E-state index is 9.03. The van der Waals surface area contributed by atoms with Gasteiger partial charge in [0.15, 0.2) is 0 Å². The molecule has 0 aromatic heterocycles. The maximum Gasteiger partial charge on any atom is 0.105 e. The topological polar surface area (TPSA) is 47.3 Å². The Hall–Kier alpha value is -0.590. The fourth-order valence-electron chi connectivity index (χ4n) is 0.731. The summed E-state index contributed by atoms with van der Waals surface area (Å²) in [6, 6.07) is 1.93. The predicted octanol–water partition coefficient (Wildman–Crippen LogP) is 0.559. The SMILES string of the molecule is CCC(C#N)N(C)C(C)O. The van der Waals surface area contributed by atoms with Crippen molar-refractivity contribution in [1.82, 2.24) is 4.90 Å². The monoisotopic (exact) mass is 142 g/mol. The Balaban J connectivity index is 3.92. The van der Waals surface area contributed by atoms with E-state index < -0.39 is 6.23 Å². The van der Waals surface area contributed by atoms with E-state index in [1.165, 1.54) is 0 Å². The van der Waals surface area contributed by atoms with Crippen molar-refractivity contribution in [2.75, 3.05) is 7.05 Å². The van der Waals surface area contributed by atoms with Crippen LogP contribution in [0.15, 0.2) is 0 Å². The Labute approximate surface area is 61.9 Å². The van der Waals surface area contributed by atoms with Crippen molar-refractivity contribution in [3.63, 3.8) is 0 Å². The van der Waals surface area contributed by atoms with Crippen LogP contribution in [0.3, 0.4) is 0 Å². The molecule has 0 saturated carbocycles. The normalized spacial score (nSPS) is 16.4. The Morgan fingerprint density at radius 2 is 2.20 bits per heavy atom. The highest BCUT2D eigenvalue weighted by atomic mass is 16.3. The second-order valence-corrected chi connectivity index (χ2v) is 2.35. The minimum Gasteiger partial charge on any atom is -0.379 e. The highest BCUT2D eigenvalue weighted by Gasteiger charge is 2.14. The Morgan fingerprint density at radius 1 is 1.70 bits per heavy atom. The van der Waals surface area contributed by atoms with E-state index in [1.807, 2.05) is 6.92 Å². The summed E-state index contributed by atoms with van der Waals surface area (Å²) in [7, 11) is 1.74. The summed E-state index contributed by atoms with van der Waals surface area (Å²) < 4.78 is 0. The minimum absolute atomic E-state index is 0.167. The standard InChI is InChI=1S/C7H14N2O/c1-4-7(5-8)9(3)6(2)10/h6-7,10H,4H2,1-3H3. The van der Waals surface area contributed by atoms with Gasteiger partial charge in [-0.2, -0.15) is 5.26 Å². The molecule has 0 radical (unpaired) electrons. The molecule has 0 aliphatic heterocycles. The summed E-state index contributed by atoms with van der Waals surface area (Å²) in [6.07, 6.45) is 0.211. The lowest BCUT2D eigenvalue weighted by molar-refractivity contribution is 0.0217. The first-order valence-electron chi connectivity index (χ1n) is 3.43. The van der Waals surface area contributed by atoms with E-state index in [9.17, 15) is 0 Å². The second-order valence-electron chi connectivity index (χ2n) is 2.35. The summed E-state index contributed by atoms with van der Waals surface area (Å²) >= 11 is 0. The van der Waals surface area contributed by atoms with E-state index in [0.29, 0.717) is 0 Å². The van der Waals surface area contributed by atoms with E-state index in [4.69, 9.17) is 10.4 Å². The lowest BCUT2D eigenvalue weighted by atomic mass is 10.2. The average molecular weight is 142 g/mol. The predicted molar refractivity (Wildman–Crippen MR) is 39.1 cm³/mol. The summed E-state index contributed by atoms with van der Waals surface area (Å²) in [6.45, 7) is 3.58. The first-order valence-corrected chi connectivity index (χ1v) is 3.43. The van der Waals surface area contributed by atoms with Crippen LogP contribution < -0.4 is 0 Å². The van der Waals surface area contributed by atoms with Gasteiger partial charge in [0.1, 0.15) is 6.23 Å². The molecule has 0 amide bonds. The largest absolute Gasteiger partial charge is 0.379 e. The molecule has 0 saturated heterocycles. The van der Waals surface area contributed by atoms with Gasteiger partial charge in [-0.05, 0) is 20.4 Å². The quantitative estimate of drug-likeness (QED) is 0.586. The molecule has 0 heterocycles. The molecule has 2 unspecified atom stereocenters. The third kappa shape index (κ3) is 2.34. The molecule has 0 aliphatic rings. The Bertz CT molecular complexity index is 128. The second kappa shape index (κ2) is 4.26. The molecule has 0 spiro atoms. The van der Waals surface area contributed by atoms with Crippen LogP contribution in [0.2, 0.25) is 0 Å². The Kier molecular flexibility index (Phi) is 4.01. The molecule has 1 N–H and O–H groups in total. The van der Waals surface area contributed by atoms with Gasteiger partial charge >= 0.3 is 0 Å². The van der Waals surface area contributed by atoms with Crippen LogP contribution >= 0.6 is 0 Å². The first kappa shape index (κ1) is 9.41. The van der Waals surface area contributed by atoms with E-state index in [0.717, 1.165) is 6.42 Å². The van der Waals surface area contributed by atoms with Crippen LogP contribution in [0.25, 0.3) is 0 Å². The van der Waals surface area contributed by atoms with Crippen molar-refractivity contribution < 1.29 is 5.11 Å². The van der Waals surface area contributed by atoms with E-state index in [2.05, 4.69) is 6.07 Å². The van der Waals surface area contributed by atoms with Gasteiger partial charge in [0.05, 0.1) is 12.1 Å². The zero-order chi connectivity index (χ0) is 8.15. The van der Waals surface area contributed by atoms with Crippen molar-refractivity contribution >= 4 is 0 Å². The molecular formula is C7H14N2O. The number of aliphatic hydroxyl groups excluding tert-OH is 1. The molecule has 3 nitrogen and oxygen atoms in total. The van der Waals surface area contributed by atoms with E-state index in [-0.39, 0.29) is 6.04 Å². The number of hydrogen-bond acceptors (Lipinski definition) is 3. The fraction of sp³-hybridized carbons (Fsp3) is 0.857. The van der Waals surface area contributed by atoms with Gasteiger partial charge in [0.2, 0.25) is 0 Å². The molecule has 0 rings (SSSR count). The van der Waals surface area contributed by atoms with E-state index in [1.54, 1.807) is 18.9 Å². The minimum atomic E-state index is -0.537. The molecule has 10 heavy (non-hydrogen) atoms. The molecule has 2 atom stereocenters. The smallest absolute Gasteiger partial charge is 0.105 e. The molecule has 0 aromatic rings. The maximum absolute atomic E-state index is 9.03. The number of nitrogens with zero attached hydrogens (tertiary/aromatic N) is 2. The van der Waals surface area contributed by atoms with Crippen molar-refractivity contribution in [3.8, 4) is 6.07 Å². The van der Waals surface area contributed by atoms with Crippen LogP contribution in [0.5, 0.6) is 0 Å². The van der Waals surface area contributed by atoms with Gasteiger partial charge < -0.3 is 5.11 Å². The van der Waals surface area contributed by atoms with Gasteiger partial charge in [-0.1, -0.05) is 6.92 Å². The summed E-state index contributed by atoms with van der Waals surface area (Å²) in [4.78, 5) is 1.64. The molecule has 0 bridgehead atoms. The van der Waals surface area contributed by atoms with Gasteiger partial charge in [0, 0.05) is 0 Å². The number of rotatable bonds is 3. The summed E-state index contributed by atoms with van der Waals surface area (Å²) in [5.74, 6) is 0. The van der Waals surface area contributed by atoms with Gasteiger partial charge in [-0.3, -0.25) is 4.90 Å². The summed E-state index contributed by atoms with van der Waals surface area (Å²) in [5, 5.41) is 17.6. The zero-order valence-corrected chi connectivity index (χ0v) is 6.70. The zero-order valence-electron chi connectivity index (χ0n) is 6.70. The molecule has 0 aliphatic carbocycles. The third-order valence-corrected chi connectivity index (χ3v) is 1.62. The van der Waals surface area contributed by atoms with Crippen LogP contribution in [0.4, 0.5) is 0 Å². The Morgan fingerprint density at radius 3 is 2.30 bits per heavy atom. The van der Waals surface area contributed by atoms with Crippen LogP contribution in [-0.4, -0.2) is 29.3 Å². The fourth-order valence-corrected chi connectivity index (χ4v) is 0.731. The lowest BCUT2D eigenvalue weighted by Gasteiger charge is -2.23. The first-order chi connectivity index (χ1) is 4.63. The van der Waals surface area contributed by atoms with Crippen molar-refractivity contribution in [2.45, 2.75) is 32.5 Å². The van der Waals surface area contributed by atoms with Gasteiger partial charge in [-0.15, -0.1) is 0 Å². The highest BCUT2D eigenvalue weighted by Crippen LogP contribution is 2.02. The van der Waals surface area contributed by atoms with Crippen molar-refractivity contribution in [1.29, 1.82) is 5.26 Å². The van der Waals surface area contributed by atoms with Crippen LogP contribution in [0, 0.1) is 11.3 Å². The van der Waals surface area contributed by atoms with Gasteiger partial charge in [-0.25, -0.2) is 0 Å². The molecule has 0 fully saturated rings. The highest BCUT2D eigenvalue weighted by molar-refractivity contribution is 4.89. The lowest BCUT2D eigenvalue weighted by Crippen LogP contribution is -2.37. The van der Waals surface area contributed by atoms with Gasteiger partial charge in [0.25, 0.3) is 0 Å². The third-order valence-electron chi connectivity index (χ3n) is 1.62.